The van der Waals surface area contributed by atoms with Crippen LogP contribution in [0.25, 0.3) is 6.08 Å². The molecule has 5 rings (SSSR count). The molecule has 0 unspecified atom stereocenters. The van der Waals surface area contributed by atoms with Crippen LogP contribution >= 0.6 is 0 Å². The van der Waals surface area contributed by atoms with E-state index in [0.29, 0.717) is 0 Å². The van der Waals surface area contributed by atoms with E-state index in [0.717, 1.165) is 41.7 Å². The monoisotopic (exact) mass is 472 g/mol. The van der Waals surface area contributed by atoms with Crippen LogP contribution in [-0.2, 0) is 0 Å². The van der Waals surface area contributed by atoms with E-state index in [4.69, 9.17) is 5.10 Å². The van der Waals surface area contributed by atoms with Crippen molar-refractivity contribution in [1.82, 2.24) is 5.01 Å². The number of carboxylic acids is 1. The summed E-state index contributed by atoms with van der Waals surface area (Å²) in [4.78, 5) is 25.5. The number of amides is 1. The van der Waals surface area contributed by atoms with Gasteiger partial charge in [-0.3, -0.25) is 4.79 Å². The topological polar surface area (TPSA) is 70.0 Å². The number of hydrogen-bond acceptors (Lipinski definition) is 3. The second kappa shape index (κ2) is 9.25. The fourth-order valence-electron chi connectivity index (χ4n) is 4.90. The summed E-state index contributed by atoms with van der Waals surface area (Å²) in [6.07, 6.45) is 4.33. The normalized spacial score (nSPS) is 20.5. The zero-order valence-corrected chi connectivity index (χ0v) is 18.7. The third-order valence-electron chi connectivity index (χ3n) is 6.52. The maximum absolute atomic E-state index is 13.7. The molecular weight excluding hydrogens is 450 g/mol. The molecule has 0 spiro atoms. The Balaban J connectivity index is 1.60. The number of carboxylic acid groups (broad SMARTS) is 1. The van der Waals surface area contributed by atoms with Gasteiger partial charge in [0.25, 0.3) is 5.91 Å². The Morgan fingerprint density at radius 1 is 0.914 bits per heavy atom. The van der Waals surface area contributed by atoms with Crippen molar-refractivity contribution in [3.05, 3.63) is 112 Å². The molecule has 7 heteroatoms. The van der Waals surface area contributed by atoms with Crippen molar-refractivity contribution >= 4 is 23.7 Å². The minimum atomic E-state index is -1.20. The van der Waals surface area contributed by atoms with Crippen LogP contribution in [0.4, 0.5) is 8.78 Å². The number of carbonyl (C=O) groups is 2. The first-order valence-corrected chi connectivity index (χ1v) is 11.4. The van der Waals surface area contributed by atoms with Gasteiger partial charge in [-0.1, -0.05) is 36.4 Å². The lowest BCUT2D eigenvalue weighted by atomic mass is 9.77. The summed E-state index contributed by atoms with van der Waals surface area (Å²) in [5.74, 6) is -2.57. The van der Waals surface area contributed by atoms with E-state index < -0.39 is 17.9 Å². The van der Waals surface area contributed by atoms with Crippen LogP contribution < -0.4 is 0 Å². The van der Waals surface area contributed by atoms with Crippen LogP contribution in [0.2, 0.25) is 0 Å². The van der Waals surface area contributed by atoms with Crippen molar-refractivity contribution in [3.8, 4) is 0 Å². The molecule has 3 aromatic carbocycles. The largest absolute Gasteiger partial charge is 0.478 e. The van der Waals surface area contributed by atoms with Crippen LogP contribution in [0.5, 0.6) is 0 Å². The first-order chi connectivity index (χ1) is 16.9. The van der Waals surface area contributed by atoms with Crippen molar-refractivity contribution in [2.45, 2.75) is 25.3 Å². The molecule has 1 fully saturated rings. The molecule has 1 saturated carbocycles. The quantitative estimate of drug-likeness (QED) is 0.499. The molecule has 176 valence electrons. The molecule has 0 saturated heterocycles. The highest BCUT2D eigenvalue weighted by molar-refractivity contribution is 6.10. The summed E-state index contributed by atoms with van der Waals surface area (Å²) in [5.41, 5.74) is 3.17. The molecule has 5 nitrogen and oxygen atoms in total. The number of carbonyl (C=O) groups excluding carboxylic acids is 1. The number of hydrogen-bond donors (Lipinski definition) is 1. The van der Waals surface area contributed by atoms with Gasteiger partial charge in [-0.05, 0) is 78.4 Å². The van der Waals surface area contributed by atoms with Crippen molar-refractivity contribution in [2.75, 3.05) is 0 Å². The molecule has 0 bridgehead atoms. The molecule has 2 atom stereocenters. The van der Waals surface area contributed by atoms with Crippen LogP contribution in [0.3, 0.4) is 0 Å². The smallest absolute Gasteiger partial charge is 0.336 e. The lowest BCUT2D eigenvalue weighted by molar-refractivity contribution is 0.0645. The van der Waals surface area contributed by atoms with E-state index in [1.165, 1.54) is 41.4 Å². The van der Waals surface area contributed by atoms with Crippen molar-refractivity contribution in [1.29, 1.82) is 0 Å². The Morgan fingerprint density at radius 3 is 2.20 bits per heavy atom. The summed E-state index contributed by atoms with van der Waals surface area (Å²) >= 11 is 0. The molecular formula is C28H22F2N2O3. The highest BCUT2D eigenvalue weighted by Gasteiger charge is 2.44. The first-order valence-electron chi connectivity index (χ1n) is 11.4. The molecule has 1 aliphatic heterocycles. The maximum atomic E-state index is 13.7. The minimum absolute atomic E-state index is 0.0409. The number of rotatable bonds is 4. The standard InChI is InChI=1S/C28H22F2N2O3/c29-20-12-8-17(9-13-20)16-19-4-3-7-24-25(19)31-32(26(24)18-10-14-21(30)15-11-18)27(33)22-5-1-2-6-23(22)28(34)35/h1-2,5-6,8-16,24,26H,3-4,7H2,(H,34,35)/b19-16-/t24-,26-/m1/s1. The number of hydrazone groups is 1. The highest BCUT2D eigenvalue weighted by Crippen LogP contribution is 2.45. The number of fused-ring (bicyclic) bond motifs is 1. The fraction of sp³-hybridized carbons (Fsp3) is 0.179. The number of nitrogens with zero attached hydrogens (tertiary/aromatic N) is 2. The molecule has 3 aromatic rings. The Bertz CT molecular complexity index is 1350. The molecule has 35 heavy (non-hydrogen) atoms. The minimum Gasteiger partial charge on any atom is -0.478 e. The SMILES string of the molecule is O=C(O)c1ccccc1C(=O)N1N=C2/C(=C\c3ccc(F)cc3)CCC[C@H]2[C@H]1c1ccc(F)cc1. The van der Waals surface area contributed by atoms with Gasteiger partial charge in [0.15, 0.2) is 0 Å². The number of halogens is 2. The lowest BCUT2D eigenvalue weighted by Gasteiger charge is -2.30. The molecule has 0 radical (unpaired) electrons. The number of aromatic carboxylic acids is 1. The molecule has 1 aliphatic carbocycles. The summed E-state index contributed by atoms with van der Waals surface area (Å²) in [6.45, 7) is 0. The van der Waals surface area contributed by atoms with Crippen LogP contribution in [0.15, 0.2) is 83.5 Å². The fourth-order valence-corrected chi connectivity index (χ4v) is 4.90. The van der Waals surface area contributed by atoms with Gasteiger partial charge in [-0.2, -0.15) is 5.10 Å². The van der Waals surface area contributed by atoms with Crippen LogP contribution in [0, 0.1) is 17.6 Å². The molecule has 1 N–H and O–H groups in total. The molecule has 0 aromatic heterocycles. The van der Waals surface area contributed by atoms with Gasteiger partial charge in [-0.15, -0.1) is 0 Å². The Labute approximate surface area is 201 Å². The third-order valence-corrected chi connectivity index (χ3v) is 6.52. The number of allylic oxidation sites excluding steroid dienone is 1. The van der Waals surface area contributed by atoms with E-state index in [9.17, 15) is 23.5 Å². The van der Waals surface area contributed by atoms with Crippen molar-refractivity contribution < 1.29 is 23.5 Å². The summed E-state index contributed by atoms with van der Waals surface area (Å²) in [5, 5.41) is 15.7. The predicted octanol–water partition coefficient (Wildman–Crippen LogP) is 6.10. The van der Waals surface area contributed by atoms with Gasteiger partial charge in [0.05, 0.1) is 22.9 Å². The van der Waals surface area contributed by atoms with Gasteiger partial charge in [-0.25, -0.2) is 18.6 Å². The van der Waals surface area contributed by atoms with Gasteiger partial charge < -0.3 is 5.11 Å². The zero-order valence-electron chi connectivity index (χ0n) is 18.7. The summed E-state index contributed by atoms with van der Waals surface area (Å²) < 4.78 is 27.1. The van der Waals surface area contributed by atoms with Crippen molar-refractivity contribution in [3.63, 3.8) is 0 Å². The summed E-state index contributed by atoms with van der Waals surface area (Å²) in [7, 11) is 0. The van der Waals surface area contributed by atoms with Gasteiger partial charge in [0, 0.05) is 5.92 Å². The highest BCUT2D eigenvalue weighted by atomic mass is 19.1. The Hall–Kier alpha value is -4.13. The summed E-state index contributed by atoms with van der Waals surface area (Å²) in [6, 6.07) is 17.7. The van der Waals surface area contributed by atoms with Crippen LogP contribution in [-0.4, -0.2) is 27.7 Å². The second-order valence-electron chi connectivity index (χ2n) is 8.70. The Kier molecular flexibility index (Phi) is 5.99. The zero-order chi connectivity index (χ0) is 24.5. The van der Waals surface area contributed by atoms with Gasteiger partial charge >= 0.3 is 5.97 Å². The van der Waals surface area contributed by atoms with E-state index in [-0.39, 0.29) is 28.7 Å². The first kappa shape index (κ1) is 22.7. The predicted molar refractivity (Wildman–Crippen MR) is 128 cm³/mol. The van der Waals surface area contributed by atoms with Crippen molar-refractivity contribution in [2.24, 2.45) is 11.0 Å². The lowest BCUT2D eigenvalue weighted by Crippen LogP contribution is -2.32. The molecule has 2 aliphatic rings. The molecule has 1 heterocycles. The Morgan fingerprint density at radius 2 is 1.54 bits per heavy atom. The molecule has 1 amide bonds. The third kappa shape index (κ3) is 4.37. The second-order valence-corrected chi connectivity index (χ2v) is 8.70. The van der Waals surface area contributed by atoms with Crippen LogP contribution in [0.1, 0.15) is 57.1 Å². The average molecular weight is 472 g/mol. The van der Waals surface area contributed by atoms with E-state index in [2.05, 4.69) is 0 Å². The average Bonchev–Trinajstić information content (AvgIpc) is 3.26. The number of benzene rings is 3. The van der Waals surface area contributed by atoms with E-state index in [1.807, 2.05) is 6.08 Å². The van der Waals surface area contributed by atoms with E-state index in [1.54, 1.807) is 36.4 Å². The van der Waals surface area contributed by atoms with E-state index >= 15 is 0 Å². The van der Waals surface area contributed by atoms with Gasteiger partial charge in [0.2, 0.25) is 0 Å². The maximum Gasteiger partial charge on any atom is 0.336 e. The van der Waals surface area contributed by atoms with Gasteiger partial charge in [0.1, 0.15) is 11.6 Å².